The number of benzene rings is 1. The van der Waals surface area contributed by atoms with E-state index in [-0.39, 0.29) is 30.0 Å². The molecular formula is C23H29NO4. The van der Waals surface area contributed by atoms with Crippen LogP contribution in [0.2, 0.25) is 0 Å². The summed E-state index contributed by atoms with van der Waals surface area (Å²) in [6.07, 6.45) is 3.76. The highest BCUT2D eigenvalue weighted by Crippen LogP contribution is 2.51. The number of fused-ring (bicyclic) bond motifs is 2. The number of ether oxygens (including phenoxy) is 1. The second kappa shape index (κ2) is 7.28. The number of aliphatic hydroxyl groups excluding tert-OH is 1. The van der Waals surface area contributed by atoms with E-state index in [1.807, 2.05) is 49.1 Å². The SMILES string of the molecule is CC[C@]1(CO)C[C@H]2CC[C@@H]1N2C(=O)c1cc(COc2ccc(C)cc2)c(C)o1. The van der Waals surface area contributed by atoms with Gasteiger partial charge in [0, 0.05) is 23.1 Å². The van der Waals surface area contributed by atoms with Gasteiger partial charge in [-0.2, -0.15) is 0 Å². The normalized spacial score (nSPS) is 26.1. The molecule has 3 heterocycles. The molecule has 1 amide bonds. The van der Waals surface area contributed by atoms with E-state index in [1.165, 1.54) is 5.56 Å². The van der Waals surface area contributed by atoms with Crippen molar-refractivity contribution in [3.8, 4) is 5.75 Å². The first-order valence-corrected chi connectivity index (χ1v) is 10.2. The number of nitrogens with zero attached hydrogens (tertiary/aromatic N) is 1. The van der Waals surface area contributed by atoms with Crippen LogP contribution in [0.3, 0.4) is 0 Å². The molecule has 4 rings (SSSR count). The number of aliphatic hydroxyl groups is 1. The van der Waals surface area contributed by atoms with E-state index in [9.17, 15) is 9.90 Å². The van der Waals surface area contributed by atoms with E-state index >= 15 is 0 Å². The zero-order chi connectivity index (χ0) is 19.9. The average Bonchev–Trinajstić information content (AvgIpc) is 3.38. The fourth-order valence-corrected chi connectivity index (χ4v) is 4.95. The summed E-state index contributed by atoms with van der Waals surface area (Å²) in [7, 11) is 0. The van der Waals surface area contributed by atoms with Gasteiger partial charge in [0.1, 0.15) is 18.1 Å². The van der Waals surface area contributed by atoms with Crippen LogP contribution in [0, 0.1) is 19.3 Å². The van der Waals surface area contributed by atoms with Gasteiger partial charge < -0.3 is 19.2 Å². The van der Waals surface area contributed by atoms with Crippen LogP contribution in [0.5, 0.6) is 5.75 Å². The molecule has 150 valence electrons. The van der Waals surface area contributed by atoms with Crippen LogP contribution in [-0.2, 0) is 6.61 Å². The summed E-state index contributed by atoms with van der Waals surface area (Å²) in [5, 5.41) is 9.97. The summed E-state index contributed by atoms with van der Waals surface area (Å²) >= 11 is 0. The summed E-state index contributed by atoms with van der Waals surface area (Å²) < 4.78 is 11.7. The molecule has 5 heteroatoms. The summed E-state index contributed by atoms with van der Waals surface area (Å²) in [4.78, 5) is 15.2. The summed E-state index contributed by atoms with van der Waals surface area (Å²) in [6, 6.07) is 10.0. The van der Waals surface area contributed by atoms with Crippen molar-refractivity contribution in [1.82, 2.24) is 4.90 Å². The second-order valence-electron chi connectivity index (χ2n) is 8.33. The van der Waals surface area contributed by atoms with Gasteiger partial charge in [-0.15, -0.1) is 0 Å². The monoisotopic (exact) mass is 383 g/mol. The molecule has 3 atom stereocenters. The van der Waals surface area contributed by atoms with Gasteiger partial charge in [-0.05, 0) is 57.7 Å². The molecule has 1 aromatic carbocycles. The Morgan fingerprint density at radius 2 is 2.04 bits per heavy atom. The van der Waals surface area contributed by atoms with Crippen LogP contribution in [0.1, 0.15) is 60.0 Å². The molecule has 0 spiro atoms. The highest BCUT2D eigenvalue weighted by atomic mass is 16.5. The van der Waals surface area contributed by atoms with Crippen LogP contribution >= 0.6 is 0 Å². The fraction of sp³-hybridized carbons (Fsp3) is 0.522. The number of amides is 1. The molecule has 0 unspecified atom stereocenters. The number of aryl methyl sites for hydroxylation is 2. The maximum Gasteiger partial charge on any atom is 0.290 e. The first-order valence-electron chi connectivity index (χ1n) is 10.2. The lowest BCUT2D eigenvalue weighted by molar-refractivity contribution is 0.0533. The Morgan fingerprint density at radius 3 is 2.68 bits per heavy atom. The van der Waals surface area contributed by atoms with E-state index in [0.29, 0.717) is 18.1 Å². The standard InChI is InChI=1S/C23H29NO4/c1-4-23(14-25)12-18-7-10-21(23)24(18)22(26)20-11-17(16(3)28-20)13-27-19-8-5-15(2)6-9-19/h5-6,8-9,11,18,21,25H,4,7,10,12-14H2,1-3H3/t18-,21+,23-/m1/s1. The van der Waals surface area contributed by atoms with Crippen molar-refractivity contribution >= 4 is 5.91 Å². The van der Waals surface area contributed by atoms with Crippen molar-refractivity contribution in [1.29, 1.82) is 0 Å². The van der Waals surface area contributed by atoms with Gasteiger partial charge in [0.15, 0.2) is 5.76 Å². The van der Waals surface area contributed by atoms with Crippen molar-refractivity contribution < 1.29 is 19.1 Å². The van der Waals surface area contributed by atoms with E-state index in [4.69, 9.17) is 9.15 Å². The minimum atomic E-state index is -0.155. The van der Waals surface area contributed by atoms with Gasteiger partial charge in [0.05, 0.1) is 6.61 Å². The van der Waals surface area contributed by atoms with Crippen LogP contribution < -0.4 is 4.74 Å². The topological polar surface area (TPSA) is 62.9 Å². The molecule has 2 aliphatic rings. The highest BCUT2D eigenvalue weighted by Gasteiger charge is 2.56. The zero-order valence-electron chi connectivity index (χ0n) is 16.9. The van der Waals surface area contributed by atoms with Crippen molar-refractivity contribution in [2.24, 2.45) is 5.41 Å². The van der Waals surface area contributed by atoms with Crippen molar-refractivity contribution in [3.05, 3.63) is 53.0 Å². The molecule has 0 aliphatic carbocycles. The molecular weight excluding hydrogens is 354 g/mol. The van der Waals surface area contributed by atoms with E-state index in [2.05, 4.69) is 6.92 Å². The van der Waals surface area contributed by atoms with Crippen LogP contribution in [0.25, 0.3) is 0 Å². The minimum Gasteiger partial charge on any atom is -0.489 e. The number of furan rings is 1. The number of hydrogen-bond acceptors (Lipinski definition) is 4. The average molecular weight is 383 g/mol. The third kappa shape index (κ3) is 3.12. The largest absolute Gasteiger partial charge is 0.489 e. The lowest BCUT2D eigenvalue weighted by Crippen LogP contribution is -2.42. The second-order valence-corrected chi connectivity index (χ2v) is 8.33. The number of rotatable bonds is 6. The molecule has 5 nitrogen and oxygen atoms in total. The summed E-state index contributed by atoms with van der Waals surface area (Å²) in [5.74, 6) is 1.83. The molecule has 2 aliphatic heterocycles. The fourth-order valence-electron chi connectivity index (χ4n) is 4.95. The zero-order valence-corrected chi connectivity index (χ0v) is 16.9. The van der Waals surface area contributed by atoms with Crippen LogP contribution in [0.15, 0.2) is 34.7 Å². The maximum absolute atomic E-state index is 13.2. The Kier molecular flexibility index (Phi) is 4.96. The van der Waals surface area contributed by atoms with Gasteiger partial charge in [-0.1, -0.05) is 24.6 Å². The van der Waals surface area contributed by atoms with Gasteiger partial charge in [0.2, 0.25) is 0 Å². The molecule has 0 saturated carbocycles. The Hall–Kier alpha value is -2.27. The lowest BCUT2D eigenvalue weighted by Gasteiger charge is -2.34. The van der Waals surface area contributed by atoms with E-state index < -0.39 is 0 Å². The quantitative estimate of drug-likeness (QED) is 0.810. The Balaban J connectivity index is 1.49. The molecule has 2 bridgehead atoms. The van der Waals surface area contributed by atoms with E-state index in [1.54, 1.807) is 0 Å². The number of carbonyl (C=O) groups is 1. The van der Waals surface area contributed by atoms with Crippen molar-refractivity contribution in [2.75, 3.05) is 6.61 Å². The highest BCUT2D eigenvalue weighted by molar-refractivity contribution is 5.93. The van der Waals surface area contributed by atoms with Gasteiger partial charge >= 0.3 is 0 Å². The Morgan fingerprint density at radius 1 is 1.29 bits per heavy atom. The van der Waals surface area contributed by atoms with Gasteiger partial charge in [0.25, 0.3) is 5.91 Å². The third-order valence-corrected chi connectivity index (χ3v) is 6.75. The van der Waals surface area contributed by atoms with Gasteiger partial charge in [-0.3, -0.25) is 4.79 Å². The predicted molar refractivity (Wildman–Crippen MR) is 106 cm³/mol. The summed E-state index contributed by atoms with van der Waals surface area (Å²) in [6.45, 7) is 6.52. The smallest absolute Gasteiger partial charge is 0.290 e. The minimum absolute atomic E-state index is 0.0547. The maximum atomic E-state index is 13.2. The molecule has 0 radical (unpaired) electrons. The number of carbonyl (C=O) groups excluding carboxylic acids is 1. The summed E-state index contributed by atoms with van der Waals surface area (Å²) in [5.41, 5.74) is 1.92. The third-order valence-electron chi connectivity index (χ3n) is 6.75. The molecule has 28 heavy (non-hydrogen) atoms. The molecule has 2 saturated heterocycles. The van der Waals surface area contributed by atoms with Crippen LogP contribution in [-0.4, -0.2) is 34.6 Å². The molecule has 1 N–H and O–H groups in total. The molecule has 1 aromatic heterocycles. The lowest BCUT2D eigenvalue weighted by atomic mass is 9.72. The molecule has 2 fully saturated rings. The first kappa shape index (κ1) is 19.1. The Labute approximate surface area is 166 Å². The van der Waals surface area contributed by atoms with Crippen molar-refractivity contribution in [2.45, 2.75) is 65.1 Å². The number of hydrogen-bond donors (Lipinski definition) is 1. The predicted octanol–water partition coefficient (Wildman–Crippen LogP) is 4.24. The first-order chi connectivity index (χ1) is 13.5. The van der Waals surface area contributed by atoms with E-state index in [0.717, 1.165) is 37.0 Å². The van der Waals surface area contributed by atoms with Crippen LogP contribution in [0.4, 0.5) is 0 Å². The van der Waals surface area contributed by atoms with Crippen molar-refractivity contribution in [3.63, 3.8) is 0 Å². The van der Waals surface area contributed by atoms with Gasteiger partial charge in [-0.25, -0.2) is 0 Å². The molecule has 2 aromatic rings. The Bertz CT molecular complexity index is 850.